The predicted octanol–water partition coefficient (Wildman–Crippen LogP) is 0.359. The Morgan fingerprint density at radius 1 is 1.86 bits per heavy atom. The second kappa shape index (κ2) is 2.83. The van der Waals surface area contributed by atoms with Gasteiger partial charge in [-0.15, -0.1) is 0 Å². The fourth-order valence-electron chi connectivity index (χ4n) is 0.0801. The van der Waals surface area contributed by atoms with Gasteiger partial charge in [0.1, 0.15) is 11.8 Å². The summed E-state index contributed by atoms with van der Waals surface area (Å²) in [6, 6.07) is 1.54. The maximum Gasteiger partial charge on any atom is 0.241 e. The first-order valence-electron chi connectivity index (χ1n) is 1.48. The molecule has 0 spiro atoms. The molecule has 3 heteroatoms. The van der Waals surface area contributed by atoms with Gasteiger partial charge in [-0.2, -0.15) is 10.3 Å². The van der Waals surface area contributed by atoms with Crippen molar-refractivity contribution in [3.8, 4) is 6.07 Å². The molecule has 3 nitrogen and oxygen atoms in total. The molecule has 0 amide bonds. The first-order chi connectivity index (χ1) is 3.31. The second-order valence-electron chi connectivity index (χ2n) is 0.762. The van der Waals surface area contributed by atoms with E-state index >= 15 is 0 Å². The first-order valence-corrected chi connectivity index (χ1v) is 1.48. The fraction of sp³-hybridized carbons (Fsp3) is 0. The lowest BCUT2D eigenvalue weighted by molar-refractivity contribution is 0.565. The molecule has 0 saturated carbocycles. The Balaban J connectivity index is 3.91. The summed E-state index contributed by atoms with van der Waals surface area (Å²) < 4.78 is 0. The van der Waals surface area contributed by atoms with E-state index in [2.05, 4.69) is 11.6 Å². The normalized spacial score (nSPS) is 5.57. The molecule has 0 aliphatic heterocycles. The number of nitrogens with zero attached hydrogens (tertiary/aromatic N) is 2. The van der Waals surface area contributed by atoms with E-state index < -0.39 is 0 Å². The monoisotopic (exact) mass is 94.0 g/mol. The van der Waals surface area contributed by atoms with Crippen LogP contribution in [0.2, 0.25) is 0 Å². The Morgan fingerprint density at radius 3 is 2.57 bits per heavy atom. The average Bonchev–Trinajstić information content (AvgIpc) is 1.68. The van der Waals surface area contributed by atoms with Gasteiger partial charge < -0.3 is 0 Å². The number of hydrogen-bond acceptors (Lipinski definition) is 3. The average molecular weight is 94.1 g/mol. The van der Waals surface area contributed by atoms with Crippen LogP contribution in [0.1, 0.15) is 0 Å². The predicted molar refractivity (Wildman–Crippen MR) is 22.9 cm³/mol. The molecule has 0 atom stereocenters. The first kappa shape index (κ1) is 5.61. The second-order valence-corrected chi connectivity index (χ2v) is 0.762. The lowest BCUT2D eigenvalue weighted by Crippen LogP contribution is -1.61. The summed E-state index contributed by atoms with van der Waals surface area (Å²) in [6.45, 7) is 3.07. The van der Waals surface area contributed by atoms with Gasteiger partial charge in [0.05, 0.1) is 0 Å². The Kier molecular flexibility index (Phi) is 2.27. The molecule has 0 N–H and O–H groups in total. The van der Waals surface area contributed by atoms with Crippen LogP contribution in [0.5, 0.6) is 0 Å². The quantitative estimate of drug-likeness (QED) is 0.267. The minimum absolute atomic E-state index is 0.116. The van der Waals surface area contributed by atoms with E-state index in [1.807, 2.05) is 0 Å². The van der Waals surface area contributed by atoms with Gasteiger partial charge in [-0.3, -0.25) is 0 Å². The zero-order chi connectivity index (χ0) is 5.70. The van der Waals surface area contributed by atoms with Crippen LogP contribution in [0.3, 0.4) is 0 Å². The van der Waals surface area contributed by atoms with Crippen molar-refractivity contribution in [1.29, 1.82) is 5.26 Å². The SMILES string of the molecule is C=C(C#N)N=C=O. The summed E-state index contributed by atoms with van der Waals surface area (Å²) >= 11 is 0. The largest absolute Gasteiger partial charge is 0.241 e. The highest BCUT2D eigenvalue weighted by Gasteiger charge is 1.76. The maximum atomic E-state index is 9.27. The third-order valence-corrected chi connectivity index (χ3v) is 0.310. The minimum atomic E-state index is -0.116. The van der Waals surface area contributed by atoms with Gasteiger partial charge in [-0.25, -0.2) is 4.79 Å². The molecule has 0 rings (SSSR count). The number of nitriles is 1. The van der Waals surface area contributed by atoms with Crippen LogP contribution >= 0.6 is 0 Å². The van der Waals surface area contributed by atoms with Crippen molar-refractivity contribution in [2.24, 2.45) is 4.99 Å². The molecule has 0 saturated heterocycles. The van der Waals surface area contributed by atoms with Crippen LogP contribution in [0.25, 0.3) is 0 Å². The summed E-state index contributed by atoms with van der Waals surface area (Å²) in [5.41, 5.74) is -0.116. The molecule has 0 aliphatic carbocycles. The third kappa shape index (κ3) is 2.41. The summed E-state index contributed by atoms with van der Waals surface area (Å²) in [5.74, 6) is 0. The van der Waals surface area contributed by atoms with Crippen LogP contribution in [0.4, 0.5) is 0 Å². The Bertz CT molecular complexity index is 159. The molecule has 0 fully saturated rings. The molecule has 0 unspecified atom stereocenters. The van der Waals surface area contributed by atoms with E-state index in [1.165, 1.54) is 6.08 Å². The number of aliphatic imine (C=N–C) groups is 1. The van der Waals surface area contributed by atoms with E-state index in [9.17, 15) is 4.79 Å². The number of hydrogen-bond donors (Lipinski definition) is 0. The summed E-state index contributed by atoms with van der Waals surface area (Å²) in [5, 5.41) is 7.84. The molecular weight excluding hydrogens is 92.1 g/mol. The third-order valence-electron chi connectivity index (χ3n) is 0.310. The number of carbonyl (C=O) groups excluding carboxylic acids is 1. The molecule has 0 aromatic rings. The van der Waals surface area contributed by atoms with Crippen molar-refractivity contribution in [2.75, 3.05) is 0 Å². The molecule has 0 radical (unpaired) electrons. The summed E-state index contributed by atoms with van der Waals surface area (Å²) in [6.07, 6.45) is 1.17. The smallest absolute Gasteiger partial charge is 0.211 e. The fourth-order valence-corrected chi connectivity index (χ4v) is 0.0801. The lowest BCUT2D eigenvalue weighted by atomic mass is 10.6. The van der Waals surface area contributed by atoms with Gasteiger partial charge in [-0.05, 0) is 0 Å². The number of isocyanates is 1. The van der Waals surface area contributed by atoms with Crippen LogP contribution in [-0.2, 0) is 4.79 Å². The molecule has 0 aromatic heterocycles. The topological polar surface area (TPSA) is 53.2 Å². The van der Waals surface area contributed by atoms with Crippen molar-refractivity contribution in [3.05, 3.63) is 12.3 Å². The standard InChI is InChI=1S/C4H2N2O/c1-4(2-5)6-3-7/h1H2. The summed E-state index contributed by atoms with van der Waals surface area (Å²) in [7, 11) is 0. The molecule has 34 valence electrons. The molecule has 0 aliphatic rings. The van der Waals surface area contributed by atoms with Gasteiger partial charge in [0.2, 0.25) is 6.08 Å². The zero-order valence-corrected chi connectivity index (χ0v) is 3.51. The van der Waals surface area contributed by atoms with Gasteiger partial charge in [0, 0.05) is 0 Å². The van der Waals surface area contributed by atoms with E-state index in [0.717, 1.165) is 0 Å². The molecule has 0 bridgehead atoms. The zero-order valence-electron chi connectivity index (χ0n) is 3.51. The van der Waals surface area contributed by atoms with Crippen molar-refractivity contribution < 1.29 is 4.79 Å². The van der Waals surface area contributed by atoms with Crippen LogP contribution in [-0.4, -0.2) is 6.08 Å². The van der Waals surface area contributed by atoms with Gasteiger partial charge in [-0.1, -0.05) is 6.58 Å². The van der Waals surface area contributed by atoms with Crippen molar-refractivity contribution in [3.63, 3.8) is 0 Å². The number of rotatable bonds is 1. The Hall–Kier alpha value is -1.39. The highest BCUT2D eigenvalue weighted by atomic mass is 16.1. The van der Waals surface area contributed by atoms with Gasteiger partial charge >= 0.3 is 0 Å². The minimum Gasteiger partial charge on any atom is -0.211 e. The maximum absolute atomic E-state index is 9.27. The van der Waals surface area contributed by atoms with Crippen LogP contribution in [0.15, 0.2) is 17.3 Å². The molecular formula is C4H2N2O. The number of allylic oxidation sites excluding steroid dienone is 1. The van der Waals surface area contributed by atoms with E-state index in [4.69, 9.17) is 5.26 Å². The molecule has 0 aromatic carbocycles. The van der Waals surface area contributed by atoms with Crippen molar-refractivity contribution >= 4 is 6.08 Å². The highest BCUT2D eigenvalue weighted by molar-refractivity contribution is 5.39. The Morgan fingerprint density at radius 2 is 2.43 bits per heavy atom. The molecule has 0 heterocycles. The van der Waals surface area contributed by atoms with Crippen LogP contribution in [0, 0.1) is 11.3 Å². The highest BCUT2D eigenvalue weighted by Crippen LogP contribution is 1.81. The van der Waals surface area contributed by atoms with E-state index in [-0.39, 0.29) is 5.70 Å². The van der Waals surface area contributed by atoms with E-state index in [1.54, 1.807) is 6.07 Å². The van der Waals surface area contributed by atoms with Crippen molar-refractivity contribution in [1.82, 2.24) is 0 Å². The van der Waals surface area contributed by atoms with Gasteiger partial charge in [0.25, 0.3) is 0 Å². The van der Waals surface area contributed by atoms with Gasteiger partial charge in [0.15, 0.2) is 0 Å². The van der Waals surface area contributed by atoms with Crippen LogP contribution < -0.4 is 0 Å². The molecule has 7 heavy (non-hydrogen) atoms. The van der Waals surface area contributed by atoms with Crippen molar-refractivity contribution in [2.45, 2.75) is 0 Å². The summed E-state index contributed by atoms with van der Waals surface area (Å²) in [4.78, 5) is 12.2. The Labute approximate surface area is 40.6 Å². The van der Waals surface area contributed by atoms with E-state index in [0.29, 0.717) is 0 Å². The lowest BCUT2D eigenvalue weighted by Gasteiger charge is -1.66.